The summed E-state index contributed by atoms with van der Waals surface area (Å²) in [7, 11) is -2.52. The molecule has 0 aliphatic rings. The van der Waals surface area contributed by atoms with Crippen LogP contribution in [0, 0.1) is 13.8 Å². The first kappa shape index (κ1) is 28.7. The number of nitrogens with zero attached hydrogens (tertiary/aromatic N) is 2. The van der Waals surface area contributed by atoms with E-state index in [1.807, 2.05) is 26.0 Å². The molecule has 0 unspecified atom stereocenters. The second-order valence-corrected chi connectivity index (χ2v) is 11.0. The summed E-state index contributed by atoms with van der Waals surface area (Å²) < 4.78 is 33.9. The zero-order valence-corrected chi connectivity index (χ0v) is 23.3. The van der Waals surface area contributed by atoms with E-state index in [4.69, 9.17) is 4.74 Å². The van der Waals surface area contributed by atoms with Crippen molar-refractivity contribution in [2.75, 3.05) is 24.5 Å². The number of anilines is 1. The maximum Gasteiger partial charge on any atom is 0.264 e. The zero-order chi connectivity index (χ0) is 27.9. The Kier molecular flexibility index (Phi) is 9.52. The van der Waals surface area contributed by atoms with Crippen LogP contribution in [0.4, 0.5) is 5.69 Å². The molecule has 1 N–H and O–H groups in total. The Bertz CT molecular complexity index is 1340. The summed E-state index contributed by atoms with van der Waals surface area (Å²) >= 11 is 0. The van der Waals surface area contributed by atoms with Crippen LogP contribution in [0.5, 0.6) is 5.75 Å². The molecule has 0 spiro atoms. The van der Waals surface area contributed by atoms with Gasteiger partial charge in [-0.2, -0.15) is 0 Å². The minimum Gasteiger partial charge on any atom is -0.497 e. The van der Waals surface area contributed by atoms with Crippen molar-refractivity contribution in [1.82, 2.24) is 10.2 Å². The van der Waals surface area contributed by atoms with E-state index in [1.54, 1.807) is 69.5 Å². The van der Waals surface area contributed by atoms with Crippen LogP contribution in [0.15, 0.2) is 77.7 Å². The van der Waals surface area contributed by atoms with Crippen molar-refractivity contribution in [3.05, 3.63) is 89.5 Å². The number of likely N-dealkylation sites (N-methyl/N-ethyl adjacent to an activating group) is 1. The number of methoxy groups -OCH3 is 1. The molecule has 3 aromatic carbocycles. The lowest BCUT2D eigenvalue weighted by molar-refractivity contribution is -0.139. The Hall–Kier alpha value is -3.85. The average Bonchev–Trinajstić information content (AvgIpc) is 2.91. The van der Waals surface area contributed by atoms with Gasteiger partial charge < -0.3 is 15.0 Å². The smallest absolute Gasteiger partial charge is 0.264 e. The first-order chi connectivity index (χ1) is 18.1. The van der Waals surface area contributed by atoms with Crippen molar-refractivity contribution in [2.45, 2.75) is 45.2 Å². The minimum atomic E-state index is -4.08. The SMILES string of the molecule is CCNC(=O)[C@H](C)N(Cc1ccc(OC)cc1)C(=O)CN(c1ccc(C)cc1)S(=O)(=O)c1ccc(C)cc1. The molecule has 1 atom stereocenters. The Balaban J connectivity index is 2.01. The molecule has 9 heteroatoms. The number of ether oxygens (including phenoxy) is 1. The molecule has 0 radical (unpaired) electrons. The fourth-order valence-electron chi connectivity index (χ4n) is 3.91. The van der Waals surface area contributed by atoms with Crippen LogP contribution in [0.2, 0.25) is 0 Å². The van der Waals surface area contributed by atoms with E-state index in [2.05, 4.69) is 5.32 Å². The van der Waals surface area contributed by atoms with Crippen LogP contribution in [-0.4, -0.2) is 51.4 Å². The van der Waals surface area contributed by atoms with Crippen LogP contribution in [-0.2, 0) is 26.2 Å². The molecule has 0 saturated carbocycles. The third kappa shape index (κ3) is 6.92. The molecule has 0 fully saturated rings. The second kappa shape index (κ2) is 12.6. The monoisotopic (exact) mass is 537 g/mol. The van der Waals surface area contributed by atoms with Crippen LogP contribution in [0.25, 0.3) is 0 Å². The van der Waals surface area contributed by atoms with Crippen molar-refractivity contribution in [2.24, 2.45) is 0 Å². The van der Waals surface area contributed by atoms with Gasteiger partial charge in [0.05, 0.1) is 17.7 Å². The lowest BCUT2D eigenvalue weighted by Gasteiger charge is -2.32. The topological polar surface area (TPSA) is 96.0 Å². The summed E-state index contributed by atoms with van der Waals surface area (Å²) in [5, 5.41) is 2.75. The highest BCUT2D eigenvalue weighted by atomic mass is 32.2. The number of carbonyl (C=O) groups excluding carboxylic acids is 2. The molecular weight excluding hydrogens is 502 g/mol. The van der Waals surface area contributed by atoms with Crippen molar-refractivity contribution < 1.29 is 22.7 Å². The molecule has 38 heavy (non-hydrogen) atoms. The first-order valence-electron chi connectivity index (χ1n) is 12.4. The number of hydrogen-bond acceptors (Lipinski definition) is 5. The summed E-state index contributed by atoms with van der Waals surface area (Å²) in [6, 6.07) is 19.8. The molecule has 0 aliphatic heterocycles. The predicted molar refractivity (Wildman–Crippen MR) is 149 cm³/mol. The van der Waals surface area contributed by atoms with Crippen molar-refractivity contribution in [1.29, 1.82) is 0 Å². The van der Waals surface area contributed by atoms with Crippen molar-refractivity contribution in [3.8, 4) is 5.75 Å². The molecule has 3 rings (SSSR count). The standard InChI is InChI=1S/C29H35N3O5S/c1-6-30-29(34)23(4)31(19-24-11-15-26(37-5)16-12-24)28(33)20-32(25-13-7-21(2)8-14-25)38(35,36)27-17-9-22(3)10-18-27/h7-18,23H,6,19-20H2,1-5H3,(H,30,34)/t23-/m0/s1. The first-order valence-corrected chi connectivity index (χ1v) is 13.9. The summed E-state index contributed by atoms with van der Waals surface area (Å²) in [5.74, 6) is -0.161. The minimum absolute atomic E-state index is 0.0787. The number of benzene rings is 3. The molecule has 0 aromatic heterocycles. The lowest BCUT2D eigenvalue weighted by atomic mass is 10.1. The van der Waals surface area contributed by atoms with Crippen LogP contribution < -0.4 is 14.4 Å². The Morgan fingerprint density at radius 3 is 1.97 bits per heavy atom. The highest BCUT2D eigenvalue weighted by molar-refractivity contribution is 7.92. The van der Waals surface area contributed by atoms with Gasteiger partial charge in [-0.1, -0.05) is 47.5 Å². The van der Waals surface area contributed by atoms with E-state index in [9.17, 15) is 18.0 Å². The van der Waals surface area contributed by atoms with Gasteiger partial charge in [-0.3, -0.25) is 13.9 Å². The van der Waals surface area contributed by atoms with Gasteiger partial charge in [0.15, 0.2) is 0 Å². The lowest BCUT2D eigenvalue weighted by Crippen LogP contribution is -2.51. The van der Waals surface area contributed by atoms with E-state index < -0.39 is 28.5 Å². The maximum atomic E-state index is 13.8. The fourth-order valence-corrected chi connectivity index (χ4v) is 5.32. The highest BCUT2D eigenvalue weighted by Crippen LogP contribution is 2.25. The van der Waals surface area contributed by atoms with E-state index in [0.717, 1.165) is 21.0 Å². The van der Waals surface area contributed by atoms with Crippen LogP contribution in [0.1, 0.15) is 30.5 Å². The molecule has 202 valence electrons. The number of aryl methyl sites for hydroxylation is 2. The number of carbonyl (C=O) groups is 2. The van der Waals surface area contributed by atoms with E-state index in [1.165, 1.54) is 17.0 Å². The van der Waals surface area contributed by atoms with Gasteiger partial charge in [-0.05, 0) is 69.7 Å². The summed E-state index contributed by atoms with van der Waals surface area (Å²) in [6.45, 7) is 7.26. The van der Waals surface area contributed by atoms with Gasteiger partial charge in [0, 0.05) is 13.1 Å². The van der Waals surface area contributed by atoms with Gasteiger partial charge in [0.25, 0.3) is 10.0 Å². The van der Waals surface area contributed by atoms with Crippen molar-refractivity contribution in [3.63, 3.8) is 0 Å². The number of rotatable bonds is 11. The predicted octanol–water partition coefficient (Wildman–Crippen LogP) is 4.06. The summed E-state index contributed by atoms with van der Waals surface area (Å²) in [4.78, 5) is 28.1. The van der Waals surface area contributed by atoms with Gasteiger partial charge in [-0.25, -0.2) is 8.42 Å². The third-order valence-corrected chi connectivity index (χ3v) is 8.03. The molecular formula is C29H35N3O5S. The highest BCUT2D eigenvalue weighted by Gasteiger charge is 2.32. The number of hydrogen-bond donors (Lipinski definition) is 1. The Morgan fingerprint density at radius 1 is 0.895 bits per heavy atom. The van der Waals surface area contributed by atoms with Gasteiger partial charge >= 0.3 is 0 Å². The van der Waals surface area contributed by atoms with Crippen LogP contribution in [0.3, 0.4) is 0 Å². The normalized spacial score (nSPS) is 11.9. The van der Waals surface area contributed by atoms with Crippen LogP contribution >= 0.6 is 0 Å². The van der Waals surface area contributed by atoms with E-state index >= 15 is 0 Å². The van der Waals surface area contributed by atoms with Gasteiger partial charge in [0.1, 0.15) is 18.3 Å². The molecule has 8 nitrogen and oxygen atoms in total. The fraction of sp³-hybridized carbons (Fsp3) is 0.310. The van der Waals surface area contributed by atoms with Gasteiger partial charge in [-0.15, -0.1) is 0 Å². The van der Waals surface area contributed by atoms with E-state index in [-0.39, 0.29) is 17.3 Å². The number of nitrogens with one attached hydrogen (secondary N) is 1. The molecule has 0 bridgehead atoms. The largest absolute Gasteiger partial charge is 0.497 e. The van der Waals surface area contributed by atoms with Gasteiger partial charge in [0.2, 0.25) is 11.8 Å². The molecule has 3 aromatic rings. The molecule has 2 amide bonds. The maximum absolute atomic E-state index is 13.8. The van der Waals surface area contributed by atoms with E-state index in [0.29, 0.717) is 18.0 Å². The average molecular weight is 538 g/mol. The van der Waals surface area contributed by atoms with Crippen molar-refractivity contribution >= 4 is 27.5 Å². The summed E-state index contributed by atoms with van der Waals surface area (Å²) in [5.41, 5.74) is 3.01. The third-order valence-electron chi connectivity index (χ3n) is 6.24. The quantitative estimate of drug-likeness (QED) is 0.398. The zero-order valence-electron chi connectivity index (χ0n) is 22.5. The summed E-state index contributed by atoms with van der Waals surface area (Å²) in [6.07, 6.45) is 0. The molecule has 0 saturated heterocycles. The number of sulfonamides is 1. The molecule has 0 aliphatic carbocycles. The Morgan fingerprint density at radius 2 is 1.45 bits per heavy atom. The Labute approximate surface area is 225 Å². The molecule has 0 heterocycles. The number of amides is 2. The second-order valence-electron chi connectivity index (χ2n) is 9.10.